The average Bonchev–Trinajstić information content (AvgIpc) is 2.38. The van der Waals surface area contributed by atoms with Gasteiger partial charge in [-0.3, -0.25) is 0 Å². The fraction of sp³-hybridized carbons (Fsp3) is 0.143. The molecule has 19 heavy (non-hydrogen) atoms. The van der Waals surface area contributed by atoms with Gasteiger partial charge in [0, 0.05) is 13.1 Å². The maximum atomic E-state index is 13.0. The van der Waals surface area contributed by atoms with Crippen molar-refractivity contribution in [3.8, 4) is 0 Å². The third-order valence-corrected chi connectivity index (χ3v) is 2.62. The summed E-state index contributed by atoms with van der Waals surface area (Å²) in [5.41, 5.74) is 1.14. The van der Waals surface area contributed by atoms with Gasteiger partial charge in [-0.15, -0.1) is 0 Å². The highest BCUT2D eigenvalue weighted by molar-refractivity contribution is 5.20. The van der Waals surface area contributed by atoms with Crippen LogP contribution in [-0.4, -0.2) is 0 Å². The molecule has 5 heteroatoms. The van der Waals surface area contributed by atoms with Gasteiger partial charge in [0.05, 0.1) is 0 Å². The Hall–Kier alpha value is -1.88. The van der Waals surface area contributed by atoms with Gasteiger partial charge in [-0.05, 0) is 35.4 Å². The van der Waals surface area contributed by atoms with Crippen LogP contribution in [0.25, 0.3) is 0 Å². The summed E-state index contributed by atoms with van der Waals surface area (Å²) in [7, 11) is 0. The molecule has 2 rings (SSSR count). The zero-order chi connectivity index (χ0) is 13.8. The Labute approximate surface area is 107 Å². The topological polar surface area (TPSA) is 12.0 Å². The predicted molar refractivity (Wildman–Crippen MR) is 63.3 cm³/mol. The second-order valence-electron chi connectivity index (χ2n) is 4.10. The van der Waals surface area contributed by atoms with Gasteiger partial charge in [-0.2, -0.15) is 0 Å². The van der Waals surface area contributed by atoms with Crippen molar-refractivity contribution in [1.82, 2.24) is 5.32 Å². The number of benzene rings is 2. The molecule has 2 aromatic rings. The molecule has 0 aliphatic heterocycles. The van der Waals surface area contributed by atoms with E-state index >= 15 is 0 Å². The zero-order valence-corrected chi connectivity index (χ0v) is 9.89. The van der Waals surface area contributed by atoms with Crippen molar-refractivity contribution in [3.63, 3.8) is 0 Å². The lowest BCUT2D eigenvalue weighted by Crippen LogP contribution is -2.13. The molecule has 0 saturated carbocycles. The molecular formula is C14H11F4N. The highest BCUT2D eigenvalue weighted by Crippen LogP contribution is 2.13. The van der Waals surface area contributed by atoms with Crippen LogP contribution in [0.2, 0.25) is 0 Å². The van der Waals surface area contributed by atoms with E-state index < -0.39 is 17.5 Å². The first-order valence-corrected chi connectivity index (χ1v) is 5.65. The maximum Gasteiger partial charge on any atom is 0.194 e. The summed E-state index contributed by atoms with van der Waals surface area (Å²) in [5.74, 6) is -4.22. The maximum absolute atomic E-state index is 13.0. The lowest BCUT2D eigenvalue weighted by molar-refractivity contribution is 0.444. The number of halogens is 4. The normalized spacial score (nSPS) is 10.7. The summed E-state index contributed by atoms with van der Waals surface area (Å²) in [6.07, 6.45) is 0. The van der Waals surface area contributed by atoms with Crippen LogP contribution in [0, 0.1) is 23.3 Å². The molecule has 100 valence electrons. The van der Waals surface area contributed by atoms with Crippen LogP contribution in [0.15, 0.2) is 36.4 Å². The van der Waals surface area contributed by atoms with E-state index in [-0.39, 0.29) is 12.4 Å². The fourth-order valence-electron chi connectivity index (χ4n) is 1.66. The molecule has 0 heterocycles. The zero-order valence-electron chi connectivity index (χ0n) is 9.89. The van der Waals surface area contributed by atoms with Gasteiger partial charge in [0.25, 0.3) is 0 Å². The molecule has 0 fully saturated rings. The Kier molecular flexibility index (Phi) is 4.16. The lowest BCUT2D eigenvalue weighted by atomic mass is 10.2. The number of rotatable bonds is 4. The van der Waals surface area contributed by atoms with Crippen molar-refractivity contribution in [3.05, 3.63) is 70.8 Å². The summed E-state index contributed by atoms with van der Waals surface area (Å²) in [5, 5.41) is 2.93. The Bertz CT molecular complexity index is 543. The molecule has 0 aromatic heterocycles. The summed E-state index contributed by atoms with van der Waals surface area (Å²) in [6, 6.07) is 7.75. The van der Waals surface area contributed by atoms with Crippen molar-refractivity contribution < 1.29 is 17.6 Å². The Morgan fingerprint density at radius 2 is 1.26 bits per heavy atom. The van der Waals surface area contributed by atoms with Gasteiger partial charge in [-0.1, -0.05) is 12.1 Å². The lowest BCUT2D eigenvalue weighted by Gasteiger charge is -2.06. The molecule has 1 N–H and O–H groups in total. The van der Waals surface area contributed by atoms with Crippen molar-refractivity contribution in [2.45, 2.75) is 13.1 Å². The molecule has 0 amide bonds. The Morgan fingerprint density at radius 3 is 1.84 bits per heavy atom. The quantitative estimate of drug-likeness (QED) is 0.661. The first-order chi connectivity index (χ1) is 9.06. The van der Waals surface area contributed by atoms with Crippen LogP contribution in [0.1, 0.15) is 11.1 Å². The minimum atomic E-state index is -1.47. The third kappa shape index (κ3) is 3.54. The molecule has 0 bridgehead atoms. The van der Waals surface area contributed by atoms with E-state index in [1.807, 2.05) is 0 Å². The molecule has 0 spiro atoms. The summed E-state index contributed by atoms with van der Waals surface area (Å²) < 4.78 is 51.3. The summed E-state index contributed by atoms with van der Waals surface area (Å²) >= 11 is 0. The predicted octanol–water partition coefficient (Wildman–Crippen LogP) is 3.53. The van der Waals surface area contributed by atoms with E-state index in [0.717, 1.165) is 17.7 Å². The molecule has 0 radical (unpaired) electrons. The molecule has 0 saturated heterocycles. The first-order valence-electron chi connectivity index (χ1n) is 5.65. The minimum Gasteiger partial charge on any atom is -0.309 e. The van der Waals surface area contributed by atoms with E-state index in [4.69, 9.17) is 0 Å². The van der Waals surface area contributed by atoms with E-state index in [1.165, 1.54) is 12.1 Å². The second kappa shape index (κ2) is 5.84. The van der Waals surface area contributed by atoms with Gasteiger partial charge in [-0.25, -0.2) is 17.6 Å². The van der Waals surface area contributed by atoms with E-state index in [9.17, 15) is 17.6 Å². The first kappa shape index (κ1) is 13.5. The third-order valence-electron chi connectivity index (χ3n) is 2.62. The van der Waals surface area contributed by atoms with Crippen LogP contribution in [0.3, 0.4) is 0 Å². The van der Waals surface area contributed by atoms with Crippen molar-refractivity contribution >= 4 is 0 Å². The fourth-order valence-corrected chi connectivity index (χ4v) is 1.66. The van der Waals surface area contributed by atoms with E-state index in [0.29, 0.717) is 12.1 Å². The molecule has 0 aliphatic rings. The van der Waals surface area contributed by atoms with Gasteiger partial charge < -0.3 is 5.32 Å². The summed E-state index contributed by atoms with van der Waals surface area (Å²) in [4.78, 5) is 0. The smallest absolute Gasteiger partial charge is 0.194 e. The second-order valence-corrected chi connectivity index (χ2v) is 4.10. The monoisotopic (exact) mass is 269 g/mol. The van der Waals surface area contributed by atoms with Crippen LogP contribution in [0.4, 0.5) is 17.6 Å². The van der Waals surface area contributed by atoms with Gasteiger partial charge in [0.15, 0.2) is 17.5 Å². The van der Waals surface area contributed by atoms with Crippen LogP contribution in [-0.2, 0) is 13.1 Å². The number of nitrogens with one attached hydrogen (secondary N) is 1. The molecule has 1 nitrogen and oxygen atoms in total. The molecule has 2 aromatic carbocycles. The molecule has 0 atom stereocenters. The average molecular weight is 269 g/mol. The number of hydrogen-bond acceptors (Lipinski definition) is 1. The molecule has 0 unspecified atom stereocenters. The van der Waals surface area contributed by atoms with Crippen molar-refractivity contribution in [2.24, 2.45) is 0 Å². The van der Waals surface area contributed by atoms with E-state index in [1.54, 1.807) is 12.1 Å². The van der Waals surface area contributed by atoms with Gasteiger partial charge >= 0.3 is 0 Å². The van der Waals surface area contributed by atoms with E-state index in [2.05, 4.69) is 5.32 Å². The molecule has 0 aliphatic carbocycles. The van der Waals surface area contributed by atoms with Crippen LogP contribution in [0.5, 0.6) is 0 Å². The summed E-state index contributed by atoms with van der Waals surface area (Å²) in [6.45, 7) is 0.604. The van der Waals surface area contributed by atoms with Crippen LogP contribution >= 0.6 is 0 Å². The minimum absolute atomic E-state index is 0.186. The Morgan fingerprint density at radius 1 is 0.737 bits per heavy atom. The molecular weight excluding hydrogens is 258 g/mol. The SMILES string of the molecule is Fc1ccc(CNCc2cc(F)c(F)c(F)c2)cc1. The van der Waals surface area contributed by atoms with Gasteiger partial charge in [0.2, 0.25) is 0 Å². The van der Waals surface area contributed by atoms with Crippen molar-refractivity contribution in [2.75, 3.05) is 0 Å². The van der Waals surface area contributed by atoms with Gasteiger partial charge in [0.1, 0.15) is 5.82 Å². The number of hydrogen-bond donors (Lipinski definition) is 1. The Balaban J connectivity index is 1.94. The largest absolute Gasteiger partial charge is 0.309 e. The highest BCUT2D eigenvalue weighted by atomic mass is 19.2. The van der Waals surface area contributed by atoms with Crippen molar-refractivity contribution in [1.29, 1.82) is 0 Å². The van der Waals surface area contributed by atoms with Crippen LogP contribution < -0.4 is 5.32 Å². The highest BCUT2D eigenvalue weighted by Gasteiger charge is 2.09. The standard InChI is InChI=1S/C14H11F4N/c15-11-3-1-9(2-4-11)7-19-8-10-5-12(16)14(18)13(17)6-10/h1-6,19H,7-8H2.